The summed E-state index contributed by atoms with van der Waals surface area (Å²) in [6, 6.07) is 9.90. The fourth-order valence-electron chi connectivity index (χ4n) is 3.50. The van der Waals surface area contributed by atoms with Gasteiger partial charge < -0.3 is 5.32 Å². The molecule has 1 fully saturated rings. The second kappa shape index (κ2) is 7.17. The number of hydrogen-bond acceptors (Lipinski definition) is 5. The van der Waals surface area contributed by atoms with Crippen molar-refractivity contribution in [2.24, 2.45) is 5.92 Å². The van der Waals surface area contributed by atoms with Gasteiger partial charge in [0, 0.05) is 12.6 Å². The Morgan fingerprint density at radius 3 is 3.04 bits per heavy atom. The van der Waals surface area contributed by atoms with Gasteiger partial charge in [0.2, 0.25) is 11.0 Å². The highest BCUT2D eigenvalue weighted by Gasteiger charge is 2.20. The summed E-state index contributed by atoms with van der Waals surface area (Å²) in [5.41, 5.74) is 1.80. The van der Waals surface area contributed by atoms with Crippen molar-refractivity contribution in [2.75, 3.05) is 25.0 Å². The van der Waals surface area contributed by atoms with Gasteiger partial charge in [0.25, 0.3) is 0 Å². The van der Waals surface area contributed by atoms with Crippen LogP contribution in [0, 0.1) is 12.8 Å². The number of thiazole rings is 1. The van der Waals surface area contributed by atoms with E-state index >= 15 is 0 Å². The van der Waals surface area contributed by atoms with Gasteiger partial charge in [0.1, 0.15) is 5.82 Å². The molecular formula is C19H23N5OS. The summed E-state index contributed by atoms with van der Waals surface area (Å²) in [7, 11) is 0. The summed E-state index contributed by atoms with van der Waals surface area (Å²) in [6.45, 7) is 6.58. The average Bonchev–Trinajstić information content (AvgIpc) is 3.17. The highest BCUT2D eigenvalue weighted by molar-refractivity contribution is 7.20. The number of hydrogen-bond donors (Lipinski definition) is 1. The van der Waals surface area contributed by atoms with Gasteiger partial charge in [0.05, 0.1) is 22.5 Å². The Balaban J connectivity index is 1.53. The SMILES string of the molecule is Cc1cc(NC(=O)CN2CCCC(C)C2)n(-c2nc3ccccc3s2)n1. The van der Waals surface area contributed by atoms with Gasteiger partial charge in [-0.1, -0.05) is 30.4 Å². The zero-order chi connectivity index (χ0) is 18.1. The molecule has 1 amide bonds. The number of carbonyl (C=O) groups is 1. The molecule has 1 atom stereocenters. The number of anilines is 1. The largest absolute Gasteiger partial charge is 0.309 e. The maximum Gasteiger partial charge on any atom is 0.239 e. The molecule has 1 unspecified atom stereocenters. The molecule has 0 spiro atoms. The van der Waals surface area contributed by atoms with Crippen LogP contribution < -0.4 is 5.32 Å². The molecule has 26 heavy (non-hydrogen) atoms. The molecule has 1 aliphatic heterocycles. The number of nitrogens with one attached hydrogen (secondary N) is 1. The normalized spacial score (nSPS) is 18.3. The second-order valence-corrected chi connectivity index (χ2v) is 8.09. The average molecular weight is 369 g/mol. The van der Waals surface area contributed by atoms with E-state index in [1.54, 1.807) is 16.0 Å². The van der Waals surface area contributed by atoms with Gasteiger partial charge in [-0.2, -0.15) is 9.78 Å². The van der Waals surface area contributed by atoms with E-state index in [-0.39, 0.29) is 5.91 Å². The van der Waals surface area contributed by atoms with Gasteiger partial charge in [-0.3, -0.25) is 9.69 Å². The van der Waals surface area contributed by atoms with Crippen LogP contribution in [0.4, 0.5) is 5.82 Å². The molecule has 2 aromatic heterocycles. The first-order valence-corrected chi connectivity index (χ1v) is 9.85. The molecule has 136 valence electrons. The van der Waals surface area contributed by atoms with Crippen molar-refractivity contribution in [3.8, 4) is 5.13 Å². The standard InChI is InChI=1S/C19H23N5OS/c1-13-6-5-9-23(11-13)12-18(25)21-17-10-14(2)22-24(17)19-20-15-7-3-4-8-16(15)26-19/h3-4,7-8,10,13H,5-6,9,11-12H2,1-2H3,(H,21,25). The molecule has 4 rings (SSSR count). The molecular weight excluding hydrogens is 346 g/mol. The van der Waals surface area contributed by atoms with Crippen LogP contribution in [0.1, 0.15) is 25.5 Å². The van der Waals surface area contributed by atoms with Crippen LogP contribution in [0.3, 0.4) is 0 Å². The zero-order valence-corrected chi connectivity index (χ0v) is 15.9. The van der Waals surface area contributed by atoms with Crippen molar-refractivity contribution in [3.63, 3.8) is 0 Å². The minimum absolute atomic E-state index is 0.00126. The number of piperidine rings is 1. The molecule has 3 heterocycles. The maximum absolute atomic E-state index is 12.5. The molecule has 0 radical (unpaired) electrons. The fraction of sp³-hybridized carbons (Fsp3) is 0.421. The van der Waals surface area contributed by atoms with E-state index in [0.717, 1.165) is 40.6 Å². The van der Waals surface area contributed by atoms with E-state index < -0.39 is 0 Å². The van der Waals surface area contributed by atoms with E-state index in [1.165, 1.54) is 6.42 Å². The number of likely N-dealkylation sites (tertiary alicyclic amines) is 1. The monoisotopic (exact) mass is 369 g/mol. The van der Waals surface area contributed by atoms with Crippen LogP contribution in [-0.4, -0.2) is 45.2 Å². The van der Waals surface area contributed by atoms with Gasteiger partial charge in [-0.25, -0.2) is 4.98 Å². The van der Waals surface area contributed by atoms with Crippen LogP contribution in [0.2, 0.25) is 0 Å². The number of rotatable bonds is 4. The number of nitrogens with zero attached hydrogens (tertiary/aromatic N) is 4. The molecule has 7 heteroatoms. The van der Waals surface area contributed by atoms with E-state index in [9.17, 15) is 4.79 Å². The lowest BCUT2D eigenvalue weighted by atomic mass is 10.0. The second-order valence-electron chi connectivity index (χ2n) is 7.08. The Labute approximate surface area is 156 Å². The number of para-hydroxylation sites is 1. The van der Waals surface area contributed by atoms with E-state index in [1.807, 2.05) is 37.3 Å². The molecule has 1 saturated heterocycles. The predicted molar refractivity (Wildman–Crippen MR) is 105 cm³/mol. The van der Waals surface area contributed by atoms with Crippen LogP contribution in [0.5, 0.6) is 0 Å². The van der Waals surface area contributed by atoms with E-state index in [0.29, 0.717) is 18.3 Å². The lowest BCUT2D eigenvalue weighted by Crippen LogP contribution is -2.39. The van der Waals surface area contributed by atoms with Crippen LogP contribution in [-0.2, 0) is 4.79 Å². The van der Waals surface area contributed by atoms with Crippen molar-refractivity contribution in [2.45, 2.75) is 26.7 Å². The number of aromatic nitrogens is 3. The lowest BCUT2D eigenvalue weighted by molar-refractivity contribution is -0.117. The zero-order valence-electron chi connectivity index (χ0n) is 15.1. The molecule has 3 aromatic rings. The Bertz CT molecular complexity index is 898. The third kappa shape index (κ3) is 3.64. The summed E-state index contributed by atoms with van der Waals surface area (Å²) < 4.78 is 2.84. The van der Waals surface area contributed by atoms with E-state index in [2.05, 4.69) is 27.2 Å². The number of benzene rings is 1. The smallest absolute Gasteiger partial charge is 0.239 e. The third-order valence-corrected chi connectivity index (χ3v) is 5.68. The molecule has 1 N–H and O–H groups in total. The predicted octanol–water partition coefficient (Wildman–Crippen LogP) is 3.46. The third-order valence-electron chi connectivity index (χ3n) is 4.67. The Morgan fingerprint density at radius 2 is 2.23 bits per heavy atom. The summed E-state index contributed by atoms with van der Waals surface area (Å²) in [6.07, 6.45) is 2.42. The number of aryl methyl sites for hydroxylation is 1. The van der Waals surface area contributed by atoms with Crippen molar-refractivity contribution in [1.82, 2.24) is 19.7 Å². The van der Waals surface area contributed by atoms with Gasteiger partial charge in [-0.15, -0.1) is 0 Å². The number of amides is 1. The molecule has 0 bridgehead atoms. The van der Waals surface area contributed by atoms with Crippen LogP contribution in [0.15, 0.2) is 30.3 Å². The van der Waals surface area contributed by atoms with E-state index in [4.69, 9.17) is 0 Å². The van der Waals surface area contributed by atoms with Crippen LogP contribution in [0.25, 0.3) is 15.3 Å². The summed E-state index contributed by atoms with van der Waals surface area (Å²) >= 11 is 1.57. The quantitative estimate of drug-likeness (QED) is 0.765. The molecule has 0 saturated carbocycles. The van der Waals surface area contributed by atoms with Gasteiger partial charge in [0.15, 0.2) is 0 Å². The number of carbonyl (C=O) groups excluding carboxylic acids is 1. The van der Waals surface area contributed by atoms with Crippen molar-refractivity contribution in [1.29, 1.82) is 0 Å². The van der Waals surface area contributed by atoms with Crippen molar-refractivity contribution >= 4 is 33.3 Å². The van der Waals surface area contributed by atoms with Crippen LogP contribution >= 0.6 is 11.3 Å². The molecule has 1 aliphatic rings. The minimum Gasteiger partial charge on any atom is -0.309 e. The molecule has 6 nitrogen and oxygen atoms in total. The Kier molecular flexibility index (Phi) is 4.74. The lowest BCUT2D eigenvalue weighted by Gasteiger charge is -2.30. The first-order chi connectivity index (χ1) is 12.6. The minimum atomic E-state index is 0.00126. The summed E-state index contributed by atoms with van der Waals surface area (Å²) in [5.74, 6) is 1.34. The summed E-state index contributed by atoms with van der Waals surface area (Å²) in [5, 5.41) is 8.31. The molecule has 1 aromatic carbocycles. The first-order valence-electron chi connectivity index (χ1n) is 9.03. The highest BCUT2D eigenvalue weighted by Crippen LogP contribution is 2.27. The van der Waals surface area contributed by atoms with Gasteiger partial charge >= 0.3 is 0 Å². The first kappa shape index (κ1) is 17.2. The Hall–Kier alpha value is -2.25. The van der Waals surface area contributed by atoms with Gasteiger partial charge in [-0.05, 0) is 44.4 Å². The highest BCUT2D eigenvalue weighted by atomic mass is 32.1. The van der Waals surface area contributed by atoms with Crippen molar-refractivity contribution < 1.29 is 4.79 Å². The molecule has 0 aliphatic carbocycles. The maximum atomic E-state index is 12.5. The summed E-state index contributed by atoms with van der Waals surface area (Å²) in [4.78, 5) is 19.4. The fourth-order valence-corrected chi connectivity index (χ4v) is 4.43. The van der Waals surface area contributed by atoms with Crippen molar-refractivity contribution in [3.05, 3.63) is 36.0 Å². The number of fused-ring (bicyclic) bond motifs is 1. The topological polar surface area (TPSA) is 63.1 Å². The Morgan fingerprint density at radius 1 is 1.38 bits per heavy atom.